The summed E-state index contributed by atoms with van der Waals surface area (Å²) in [5.41, 5.74) is 5.33. The maximum absolute atomic E-state index is 12.6. The van der Waals surface area contributed by atoms with Crippen LogP contribution in [0.15, 0.2) is 0 Å². The number of ether oxygens (including phenoxy) is 1. The Kier molecular flexibility index (Phi) is 3.94. The summed E-state index contributed by atoms with van der Waals surface area (Å²) in [4.78, 5) is 14.3. The minimum atomic E-state index is -0.647. The lowest BCUT2D eigenvalue weighted by molar-refractivity contribution is -0.146. The smallest absolute Gasteiger partial charge is 0.232 e. The molecule has 5 heteroatoms. The van der Waals surface area contributed by atoms with E-state index in [9.17, 15) is 9.90 Å². The predicted octanol–water partition coefficient (Wildman–Crippen LogP) is 0.112. The van der Waals surface area contributed by atoms with Gasteiger partial charge < -0.3 is 20.5 Å². The second kappa shape index (κ2) is 5.15. The summed E-state index contributed by atoms with van der Waals surface area (Å²) in [6.45, 7) is 2.67. The molecule has 0 spiro atoms. The molecule has 104 valence electrons. The second-order valence-electron chi connectivity index (χ2n) is 5.87. The zero-order chi connectivity index (χ0) is 13.3. The van der Waals surface area contributed by atoms with Crippen LogP contribution in [0.3, 0.4) is 0 Å². The standard InChI is InChI=1S/C13H24N2O3/c1-13(8-18-7-11(13)14)12(17)15(2)9-5-3-4-6-10(9)16/h9-11,16H,3-8,14H2,1-2H3. The Morgan fingerprint density at radius 3 is 2.67 bits per heavy atom. The van der Waals surface area contributed by atoms with E-state index < -0.39 is 11.5 Å². The highest BCUT2D eigenvalue weighted by Crippen LogP contribution is 2.32. The van der Waals surface area contributed by atoms with Gasteiger partial charge in [0.15, 0.2) is 0 Å². The zero-order valence-electron chi connectivity index (χ0n) is 11.3. The molecule has 2 aliphatic rings. The minimum absolute atomic E-state index is 0.00144. The van der Waals surface area contributed by atoms with Gasteiger partial charge >= 0.3 is 0 Å². The van der Waals surface area contributed by atoms with Crippen LogP contribution in [0, 0.1) is 5.41 Å². The molecular formula is C13H24N2O3. The van der Waals surface area contributed by atoms with Crippen molar-refractivity contribution in [2.45, 2.75) is 50.8 Å². The molecule has 0 radical (unpaired) electrons. The van der Waals surface area contributed by atoms with Gasteiger partial charge in [-0.25, -0.2) is 0 Å². The average molecular weight is 256 g/mol. The molecule has 2 fully saturated rings. The Labute approximate surface area is 108 Å². The van der Waals surface area contributed by atoms with E-state index >= 15 is 0 Å². The number of carbonyl (C=O) groups excluding carboxylic acids is 1. The summed E-state index contributed by atoms with van der Waals surface area (Å²) in [6.07, 6.45) is 3.35. The van der Waals surface area contributed by atoms with Gasteiger partial charge in [0.2, 0.25) is 5.91 Å². The number of likely N-dealkylation sites (N-methyl/N-ethyl adjacent to an activating group) is 1. The van der Waals surface area contributed by atoms with E-state index in [1.54, 1.807) is 11.9 Å². The monoisotopic (exact) mass is 256 g/mol. The van der Waals surface area contributed by atoms with Crippen molar-refractivity contribution in [1.82, 2.24) is 4.90 Å². The van der Waals surface area contributed by atoms with Crippen molar-refractivity contribution in [3.05, 3.63) is 0 Å². The molecule has 4 unspecified atom stereocenters. The highest BCUT2D eigenvalue weighted by molar-refractivity contribution is 5.83. The van der Waals surface area contributed by atoms with Gasteiger partial charge in [0.05, 0.1) is 30.8 Å². The summed E-state index contributed by atoms with van der Waals surface area (Å²) in [5.74, 6) is -0.00144. The van der Waals surface area contributed by atoms with Crippen molar-refractivity contribution in [2.75, 3.05) is 20.3 Å². The fourth-order valence-electron chi connectivity index (χ4n) is 3.01. The van der Waals surface area contributed by atoms with Gasteiger partial charge in [-0.2, -0.15) is 0 Å². The fraction of sp³-hybridized carbons (Fsp3) is 0.923. The van der Waals surface area contributed by atoms with Crippen molar-refractivity contribution >= 4 is 5.91 Å². The lowest BCUT2D eigenvalue weighted by Crippen LogP contribution is -2.55. The lowest BCUT2D eigenvalue weighted by Gasteiger charge is -2.39. The highest BCUT2D eigenvalue weighted by Gasteiger charge is 2.47. The third kappa shape index (κ3) is 2.27. The first kappa shape index (κ1) is 13.8. The van der Waals surface area contributed by atoms with Crippen LogP contribution < -0.4 is 5.73 Å². The van der Waals surface area contributed by atoms with Crippen molar-refractivity contribution in [3.8, 4) is 0 Å². The number of hydrogen-bond acceptors (Lipinski definition) is 4. The maximum atomic E-state index is 12.6. The zero-order valence-corrected chi connectivity index (χ0v) is 11.3. The van der Waals surface area contributed by atoms with E-state index in [0.29, 0.717) is 13.2 Å². The summed E-state index contributed by atoms with van der Waals surface area (Å²) in [6, 6.07) is -0.330. The maximum Gasteiger partial charge on any atom is 0.232 e. The molecule has 1 aliphatic heterocycles. The molecule has 0 bridgehead atoms. The van der Waals surface area contributed by atoms with Gasteiger partial charge in [-0.1, -0.05) is 12.8 Å². The molecule has 1 saturated heterocycles. The van der Waals surface area contributed by atoms with Gasteiger partial charge in [0.25, 0.3) is 0 Å². The molecule has 1 amide bonds. The first-order valence-electron chi connectivity index (χ1n) is 6.75. The van der Waals surface area contributed by atoms with Crippen LogP contribution in [0.25, 0.3) is 0 Å². The molecule has 4 atom stereocenters. The number of rotatable bonds is 2. The lowest BCUT2D eigenvalue weighted by atomic mass is 9.82. The molecule has 1 heterocycles. The van der Waals surface area contributed by atoms with Crippen LogP contribution >= 0.6 is 0 Å². The predicted molar refractivity (Wildman–Crippen MR) is 67.9 cm³/mol. The summed E-state index contributed by atoms with van der Waals surface area (Å²) in [5, 5.41) is 10.0. The molecule has 2 rings (SSSR count). The van der Waals surface area contributed by atoms with Crippen LogP contribution in [0.5, 0.6) is 0 Å². The quantitative estimate of drug-likeness (QED) is 0.735. The van der Waals surface area contributed by atoms with Gasteiger partial charge in [-0.3, -0.25) is 4.79 Å². The van der Waals surface area contributed by atoms with E-state index in [1.807, 2.05) is 6.92 Å². The molecule has 1 aliphatic carbocycles. The Morgan fingerprint density at radius 1 is 1.44 bits per heavy atom. The van der Waals surface area contributed by atoms with Crippen LogP contribution in [-0.2, 0) is 9.53 Å². The van der Waals surface area contributed by atoms with Crippen molar-refractivity contribution in [3.63, 3.8) is 0 Å². The van der Waals surface area contributed by atoms with Crippen LogP contribution in [0.4, 0.5) is 0 Å². The number of hydrogen-bond donors (Lipinski definition) is 2. The van der Waals surface area contributed by atoms with Crippen molar-refractivity contribution in [2.24, 2.45) is 11.1 Å². The highest BCUT2D eigenvalue weighted by atomic mass is 16.5. The Hall–Kier alpha value is -0.650. The van der Waals surface area contributed by atoms with E-state index in [1.165, 1.54) is 0 Å². The summed E-state index contributed by atoms with van der Waals surface area (Å²) < 4.78 is 5.32. The third-order valence-corrected chi connectivity index (χ3v) is 4.52. The molecule has 0 aromatic rings. The van der Waals surface area contributed by atoms with Gasteiger partial charge in [0.1, 0.15) is 0 Å². The molecule has 18 heavy (non-hydrogen) atoms. The van der Waals surface area contributed by atoms with E-state index in [4.69, 9.17) is 10.5 Å². The van der Waals surface area contributed by atoms with Gasteiger partial charge in [-0.15, -0.1) is 0 Å². The molecule has 0 aromatic carbocycles. The fourth-order valence-corrected chi connectivity index (χ4v) is 3.01. The Morgan fingerprint density at radius 2 is 2.11 bits per heavy atom. The van der Waals surface area contributed by atoms with Gasteiger partial charge in [0, 0.05) is 13.1 Å². The Balaban J connectivity index is 2.08. The number of carbonyl (C=O) groups is 1. The SMILES string of the molecule is CN(C(=O)C1(C)COCC1N)C1CCCCC1O. The van der Waals surface area contributed by atoms with E-state index in [0.717, 1.165) is 25.7 Å². The third-order valence-electron chi connectivity index (χ3n) is 4.52. The molecular weight excluding hydrogens is 232 g/mol. The number of amides is 1. The Bertz CT molecular complexity index is 323. The van der Waals surface area contributed by atoms with Crippen molar-refractivity contribution < 1.29 is 14.6 Å². The average Bonchev–Trinajstić information content (AvgIpc) is 2.70. The van der Waals surface area contributed by atoms with Crippen LogP contribution in [0.2, 0.25) is 0 Å². The normalized spacial score (nSPS) is 40.8. The number of nitrogens with two attached hydrogens (primary N) is 1. The van der Waals surface area contributed by atoms with Crippen molar-refractivity contribution in [1.29, 1.82) is 0 Å². The first-order chi connectivity index (χ1) is 8.47. The van der Waals surface area contributed by atoms with Gasteiger partial charge in [-0.05, 0) is 19.8 Å². The minimum Gasteiger partial charge on any atom is -0.391 e. The molecule has 3 N–H and O–H groups in total. The van der Waals surface area contributed by atoms with Crippen LogP contribution in [0.1, 0.15) is 32.6 Å². The largest absolute Gasteiger partial charge is 0.391 e. The summed E-state index contributed by atoms with van der Waals surface area (Å²) >= 11 is 0. The first-order valence-corrected chi connectivity index (χ1v) is 6.75. The van der Waals surface area contributed by atoms with E-state index in [-0.39, 0.29) is 18.0 Å². The van der Waals surface area contributed by atoms with E-state index in [2.05, 4.69) is 0 Å². The number of aliphatic hydroxyl groups excluding tert-OH is 1. The number of nitrogens with zero attached hydrogens (tertiary/aromatic N) is 1. The van der Waals surface area contributed by atoms with Crippen LogP contribution in [-0.4, -0.2) is 54.4 Å². The molecule has 5 nitrogen and oxygen atoms in total. The second-order valence-corrected chi connectivity index (χ2v) is 5.87. The topological polar surface area (TPSA) is 75.8 Å². The molecule has 0 aromatic heterocycles. The number of aliphatic hydroxyl groups is 1. The summed E-state index contributed by atoms with van der Waals surface area (Å²) in [7, 11) is 1.78. The molecule has 1 saturated carbocycles.